The molecule has 0 saturated heterocycles. The number of nitrogens with zero attached hydrogens (tertiary/aromatic N) is 1. The average molecular weight is 558 g/mol. The SMILES string of the molecule is CCN(C(=O)C(Cc1ccccc1)NC(=O)OC(C)(C)C)C(C(=O)Nc1c(C)cccc1C)c1ccc(C)c(C)c1. The van der Waals surface area contributed by atoms with Gasteiger partial charge in [0, 0.05) is 18.7 Å². The van der Waals surface area contributed by atoms with Gasteiger partial charge in [0.25, 0.3) is 5.91 Å². The minimum Gasteiger partial charge on any atom is -0.444 e. The Kier molecular flexibility index (Phi) is 10.3. The lowest BCUT2D eigenvalue weighted by Crippen LogP contribution is -2.53. The monoisotopic (exact) mass is 557 g/mol. The summed E-state index contributed by atoms with van der Waals surface area (Å²) >= 11 is 0. The van der Waals surface area contributed by atoms with Gasteiger partial charge in [0.05, 0.1) is 0 Å². The predicted octanol–water partition coefficient (Wildman–Crippen LogP) is 6.58. The molecule has 2 atom stereocenters. The summed E-state index contributed by atoms with van der Waals surface area (Å²) < 4.78 is 5.50. The molecule has 7 heteroatoms. The van der Waals surface area contributed by atoms with Crippen LogP contribution in [-0.4, -0.2) is 41.0 Å². The van der Waals surface area contributed by atoms with E-state index in [1.165, 1.54) is 4.90 Å². The van der Waals surface area contributed by atoms with Crippen molar-refractivity contribution >= 4 is 23.6 Å². The van der Waals surface area contributed by atoms with Gasteiger partial charge in [-0.25, -0.2) is 4.79 Å². The van der Waals surface area contributed by atoms with Crippen molar-refractivity contribution in [2.75, 3.05) is 11.9 Å². The summed E-state index contributed by atoms with van der Waals surface area (Å²) in [4.78, 5) is 42.8. The molecule has 218 valence electrons. The highest BCUT2D eigenvalue weighted by molar-refractivity contribution is 6.00. The van der Waals surface area contributed by atoms with E-state index in [1.54, 1.807) is 20.8 Å². The number of carbonyl (C=O) groups is 3. The van der Waals surface area contributed by atoms with Crippen LogP contribution in [-0.2, 0) is 20.7 Å². The Bertz CT molecular complexity index is 1360. The van der Waals surface area contributed by atoms with Gasteiger partial charge in [0.2, 0.25) is 5.91 Å². The maximum absolute atomic E-state index is 14.3. The van der Waals surface area contributed by atoms with Crippen LogP contribution >= 0.6 is 0 Å². The van der Waals surface area contributed by atoms with Gasteiger partial charge in [-0.2, -0.15) is 0 Å². The van der Waals surface area contributed by atoms with E-state index in [0.717, 1.165) is 33.5 Å². The van der Waals surface area contributed by atoms with Crippen LogP contribution in [0, 0.1) is 27.7 Å². The minimum atomic E-state index is -0.950. The van der Waals surface area contributed by atoms with Crippen molar-refractivity contribution < 1.29 is 19.1 Å². The number of aryl methyl sites for hydroxylation is 4. The molecule has 3 aromatic carbocycles. The molecule has 0 spiro atoms. The third kappa shape index (κ3) is 8.43. The standard InChI is InChI=1S/C34H43N3O4/c1-9-37(32(39)28(21-26-16-11-10-12-17-26)35-33(40)41-34(6,7)8)30(27-19-18-22(2)25(5)20-27)31(38)36-29-23(3)14-13-15-24(29)4/h10-20,28,30H,9,21H2,1-8H3,(H,35,40)(H,36,38). The van der Waals surface area contributed by atoms with Gasteiger partial charge < -0.3 is 20.3 Å². The lowest BCUT2D eigenvalue weighted by molar-refractivity contribution is -0.140. The summed E-state index contributed by atoms with van der Waals surface area (Å²) in [5.74, 6) is -0.696. The lowest BCUT2D eigenvalue weighted by atomic mass is 9.97. The lowest BCUT2D eigenvalue weighted by Gasteiger charge is -2.34. The molecule has 3 aromatic rings. The molecule has 0 saturated carbocycles. The topological polar surface area (TPSA) is 87.7 Å². The van der Waals surface area contributed by atoms with Crippen LogP contribution < -0.4 is 10.6 Å². The van der Waals surface area contributed by atoms with Gasteiger partial charge in [-0.1, -0.05) is 66.7 Å². The first-order chi connectivity index (χ1) is 19.3. The van der Waals surface area contributed by atoms with Crippen LogP contribution in [0.4, 0.5) is 10.5 Å². The zero-order valence-electron chi connectivity index (χ0n) is 25.5. The molecule has 0 fully saturated rings. The molecule has 0 radical (unpaired) electrons. The van der Waals surface area contributed by atoms with Crippen LogP contribution in [0.2, 0.25) is 0 Å². The third-order valence-corrected chi connectivity index (χ3v) is 7.03. The van der Waals surface area contributed by atoms with Gasteiger partial charge in [-0.3, -0.25) is 9.59 Å². The van der Waals surface area contributed by atoms with Crippen LogP contribution in [0.1, 0.15) is 67.1 Å². The summed E-state index contributed by atoms with van der Waals surface area (Å²) in [6, 6.07) is 19.2. The first kappa shape index (κ1) is 31.4. The summed E-state index contributed by atoms with van der Waals surface area (Å²) in [6.07, 6.45) is -0.446. The van der Waals surface area contributed by atoms with Crippen molar-refractivity contribution in [1.29, 1.82) is 0 Å². The molecule has 0 heterocycles. The summed E-state index contributed by atoms with van der Waals surface area (Å²) in [6.45, 7) is 15.3. The fraction of sp³-hybridized carbons (Fsp3) is 0.382. The van der Waals surface area contributed by atoms with Crippen molar-refractivity contribution in [3.63, 3.8) is 0 Å². The Morgan fingerprint density at radius 3 is 2.02 bits per heavy atom. The number of anilines is 1. The number of rotatable bonds is 9. The molecule has 0 bridgehead atoms. The number of alkyl carbamates (subject to hydrolysis) is 1. The van der Waals surface area contributed by atoms with Gasteiger partial charge >= 0.3 is 6.09 Å². The Balaban J connectivity index is 2.05. The summed E-state index contributed by atoms with van der Waals surface area (Å²) in [7, 11) is 0. The van der Waals surface area contributed by atoms with Crippen molar-refractivity contribution in [2.24, 2.45) is 0 Å². The fourth-order valence-corrected chi connectivity index (χ4v) is 4.78. The summed E-state index contributed by atoms with van der Waals surface area (Å²) in [5, 5.41) is 5.88. The molecule has 3 amide bonds. The first-order valence-electron chi connectivity index (χ1n) is 14.1. The number of nitrogens with one attached hydrogen (secondary N) is 2. The Hall–Kier alpha value is -4.13. The van der Waals surface area contributed by atoms with E-state index < -0.39 is 23.8 Å². The van der Waals surface area contributed by atoms with Crippen molar-refractivity contribution in [1.82, 2.24) is 10.2 Å². The third-order valence-electron chi connectivity index (χ3n) is 7.03. The van der Waals surface area contributed by atoms with Gasteiger partial charge in [-0.05, 0) is 88.8 Å². The van der Waals surface area contributed by atoms with Gasteiger partial charge in [0.1, 0.15) is 17.7 Å². The van der Waals surface area contributed by atoms with Crippen LogP contribution in [0.15, 0.2) is 66.7 Å². The average Bonchev–Trinajstić information content (AvgIpc) is 2.90. The highest BCUT2D eigenvalue weighted by Gasteiger charge is 2.36. The number of hydrogen-bond acceptors (Lipinski definition) is 4. The second kappa shape index (κ2) is 13.5. The number of ether oxygens (including phenoxy) is 1. The highest BCUT2D eigenvalue weighted by atomic mass is 16.6. The van der Waals surface area contributed by atoms with E-state index >= 15 is 0 Å². The van der Waals surface area contributed by atoms with Crippen molar-refractivity contribution in [2.45, 2.75) is 79.5 Å². The number of likely N-dealkylation sites (N-methyl/N-ethyl adjacent to an activating group) is 1. The molecule has 0 aliphatic rings. The molecule has 0 aromatic heterocycles. The first-order valence-corrected chi connectivity index (χ1v) is 14.1. The smallest absolute Gasteiger partial charge is 0.408 e. The molecule has 3 rings (SSSR count). The van der Waals surface area contributed by atoms with E-state index in [1.807, 2.05) is 101 Å². The van der Waals surface area contributed by atoms with Crippen LogP contribution in [0.5, 0.6) is 0 Å². The van der Waals surface area contributed by atoms with Crippen molar-refractivity contribution in [3.8, 4) is 0 Å². The Morgan fingerprint density at radius 1 is 0.829 bits per heavy atom. The number of amides is 3. The highest BCUT2D eigenvalue weighted by Crippen LogP contribution is 2.28. The van der Waals surface area contributed by atoms with E-state index in [4.69, 9.17) is 4.74 Å². The Morgan fingerprint density at radius 2 is 1.46 bits per heavy atom. The molecule has 2 unspecified atom stereocenters. The van der Waals surface area contributed by atoms with E-state index in [-0.39, 0.29) is 24.8 Å². The molecular formula is C34H43N3O4. The maximum Gasteiger partial charge on any atom is 0.408 e. The zero-order chi connectivity index (χ0) is 30.3. The molecule has 7 nitrogen and oxygen atoms in total. The number of carbonyl (C=O) groups excluding carboxylic acids is 3. The normalized spacial score (nSPS) is 12.7. The number of benzene rings is 3. The summed E-state index contributed by atoms with van der Waals surface area (Å²) in [5.41, 5.74) is 5.53. The van der Waals surface area contributed by atoms with E-state index in [0.29, 0.717) is 5.56 Å². The van der Waals surface area contributed by atoms with E-state index in [2.05, 4.69) is 10.6 Å². The number of hydrogen-bond donors (Lipinski definition) is 2. The second-order valence-corrected chi connectivity index (χ2v) is 11.5. The maximum atomic E-state index is 14.3. The minimum absolute atomic E-state index is 0.244. The molecule has 2 N–H and O–H groups in total. The largest absolute Gasteiger partial charge is 0.444 e. The second-order valence-electron chi connectivity index (χ2n) is 11.5. The molecule has 0 aliphatic heterocycles. The molecule has 0 aliphatic carbocycles. The zero-order valence-corrected chi connectivity index (χ0v) is 25.5. The molecular weight excluding hydrogens is 514 g/mol. The fourth-order valence-electron chi connectivity index (χ4n) is 4.78. The quantitative estimate of drug-likeness (QED) is 0.311. The van der Waals surface area contributed by atoms with Crippen LogP contribution in [0.25, 0.3) is 0 Å². The van der Waals surface area contributed by atoms with E-state index in [9.17, 15) is 14.4 Å². The number of para-hydroxylation sites is 1. The van der Waals surface area contributed by atoms with Gasteiger partial charge in [0.15, 0.2) is 0 Å². The van der Waals surface area contributed by atoms with Crippen LogP contribution in [0.3, 0.4) is 0 Å². The predicted molar refractivity (Wildman–Crippen MR) is 164 cm³/mol. The Labute approximate surface area is 244 Å². The molecule has 41 heavy (non-hydrogen) atoms. The van der Waals surface area contributed by atoms with Gasteiger partial charge in [-0.15, -0.1) is 0 Å². The van der Waals surface area contributed by atoms with Crippen molar-refractivity contribution in [3.05, 3.63) is 100 Å².